The Bertz CT molecular complexity index is 246. The predicted molar refractivity (Wildman–Crippen MR) is 64.7 cm³/mol. The summed E-state index contributed by atoms with van der Waals surface area (Å²) in [6.07, 6.45) is 6.92. The molecule has 0 aliphatic carbocycles. The molecule has 1 rings (SSSR count). The lowest BCUT2D eigenvalue weighted by Crippen LogP contribution is -2.28. The van der Waals surface area contributed by atoms with Gasteiger partial charge in [0.25, 0.3) is 0 Å². The molecule has 0 aromatic carbocycles. The smallest absolute Gasteiger partial charge is 0.0541 e. The Hall–Kier alpha value is -0.890. The first-order valence-corrected chi connectivity index (χ1v) is 6.00. The van der Waals surface area contributed by atoms with E-state index in [0.717, 1.165) is 12.2 Å². The Morgan fingerprint density at radius 1 is 1.33 bits per heavy atom. The molecule has 84 valence electrons. The third-order valence-corrected chi connectivity index (χ3v) is 2.70. The van der Waals surface area contributed by atoms with Gasteiger partial charge >= 0.3 is 0 Å². The average Bonchev–Trinajstić information content (AvgIpc) is 2.31. The van der Waals surface area contributed by atoms with E-state index in [1.54, 1.807) is 0 Å². The second-order valence-electron chi connectivity index (χ2n) is 3.95. The molecule has 1 heterocycles. The molecule has 0 radical (unpaired) electrons. The Kier molecular flexibility index (Phi) is 6.02. The van der Waals surface area contributed by atoms with Crippen LogP contribution >= 0.6 is 0 Å². The van der Waals surface area contributed by atoms with Crippen molar-refractivity contribution in [2.24, 2.45) is 0 Å². The van der Waals surface area contributed by atoms with Crippen molar-refractivity contribution in [3.8, 4) is 0 Å². The standard InChI is InChI=1S/C13H22N2/c1-3-5-8-12(4-2)15-11-13-9-6-7-10-14-13/h6-7,9-10,12,15H,3-5,8,11H2,1-2H3/t12-/m0/s1. The van der Waals surface area contributed by atoms with Crippen molar-refractivity contribution in [3.63, 3.8) is 0 Å². The van der Waals surface area contributed by atoms with E-state index in [4.69, 9.17) is 0 Å². The molecule has 0 fully saturated rings. The van der Waals surface area contributed by atoms with Crippen LogP contribution in [0.1, 0.15) is 45.2 Å². The van der Waals surface area contributed by atoms with Crippen LogP contribution in [-0.4, -0.2) is 11.0 Å². The summed E-state index contributed by atoms with van der Waals surface area (Å²) in [4.78, 5) is 4.30. The minimum atomic E-state index is 0.645. The van der Waals surface area contributed by atoms with Gasteiger partial charge in [0, 0.05) is 18.8 Å². The quantitative estimate of drug-likeness (QED) is 0.741. The third-order valence-electron chi connectivity index (χ3n) is 2.70. The zero-order valence-electron chi connectivity index (χ0n) is 9.87. The summed E-state index contributed by atoms with van der Waals surface area (Å²) in [5, 5.41) is 3.56. The van der Waals surface area contributed by atoms with E-state index in [0.29, 0.717) is 6.04 Å². The number of aromatic nitrogens is 1. The number of hydrogen-bond acceptors (Lipinski definition) is 2. The summed E-state index contributed by atoms with van der Waals surface area (Å²) in [6, 6.07) is 6.71. The fraction of sp³-hybridized carbons (Fsp3) is 0.615. The minimum absolute atomic E-state index is 0.645. The molecule has 0 spiro atoms. The highest BCUT2D eigenvalue weighted by Crippen LogP contribution is 2.05. The highest BCUT2D eigenvalue weighted by Gasteiger charge is 2.04. The molecule has 0 saturated carbocycles. The van der Waals surface area contributed by atoms with Gasteiger partial charge in [-0.2, -0.15) is 0 Å². The van der Waals surface area contributed by atoms with E-state index in [9.17, 15) is 0 Å². The molecular formula is C13H22N2. The van der Waals surface area contributed by atoms with Crippen molar-refractivity contribution in [2.45, 2.75) is 52.1 Å². The molecular weight excluding hydrogens is 184 g/mol. The lowest BCUT2D eigenvalue weighted by molar-refractivity contribution is 0.449. The fourth-order valence-corrected chi connectivity index (χ4v) is 1.65. The van der Waals surface area contributed by atoms with Gasteiger partial charge in [-0.25, -0.2) is 0 Å². The lowest BCUT2D eigenvalue weighted by atomic mass is 10.1. The zero-order chi connectivity index (χ0) is 10.9. The fourth-order valence-electron chi connectivity index (χ4n) is 1.65. The summed E-state index contributed by atoms with van der Waals surface area (Å²) in [5.74, 6) is 0. The Balaban J connectivity index is 2.28. The van der Waals surface area contributed by atoms with Crippen LogP contribution in [0.4, 0.5) is 0 Å². The molecule has 2 nitrogen and oxygen atoms in total. The van der Waals surface area contributed by atoms with Gasteiger partial charge in [0.15, 0.2) is 0 Å². The van der Waals surface area contributed by atoms with Gasteiger partial charge in [0.2, 0.25) is 0 Å². The van der Waals surface area contributed by atoms with Crippen LogP contribution in [-0.2, 0) is 6.54 Å². The van der Waals surface area contributed by atoms with Crippen molar-refractivity contribution in [3.05, 3.63) is 30.1 Å². The highest BCUT2D eigenvalue weighted by molar-refractivity contribution is 5.03. The SMILES string of the molecule is CCCC[C@H](CC)NCc1ccccn1. The van der Waals surface area contributed by atoms with Gasteiger partial charge in [-0.3, -0.25) is 4.98 Å². The topological polar surface area (TPSA) is 24.9 Å². The molecule has 0 saturated heterocycles. The normalized spacial score (nSPS) is 12.7. The van der Waals surface area contributed by atoms with Crippen LogP contribution in [0.25, 0.3) is 0 Å². The number of rotatable bonds is 7. The van der Waals surface area contributed by atoms with Crippen LogP contribution in [0.3, 0.4) is 0 Å². The average molecular weight is 206 g/mol. The molecule has 15 heavy (non-hydrogen) atoms. The van der Waals surface area contributed by atoms with Crippen molar-refractivity contribution < 1.29 is 0 Å². The molecule has 0 unspecified atom stereocenters. The number of hydrogen-bond donors (Lipinski definition) is 1. The Morgan fingerprint density at radius 2 is 2.20 bits per heavy atom. The van der Waals surface area contributed by atoms with Crippen LogP contribution in [0.2, 0.25) is 0 Å². The van der Waals surface area contributed by atoms with Crippen LogP contribution < -0.4 is 5.32 Å². The van der Waals surface area contributed by atoms with Crippen LogP contribution in [0.15, 0.2) is 24.4 Å². The van der Waals surface area contributed by atoms with Crippen molar-refractivity contribution in [1.82, 2.24) is 10.3 Å². The number of nitrogens with one attached hydrogen (secondary N) is 1. The molecule has 0 amide bonds. The molecule has 1 aromatic heterocycles. The van der Waals surface area contributed by atoms with Crippen molar-refractivity contribution in [1.29, 1.82) is 0 Å². The number of nitrogens with zero attached hydrogens (tertiary/aromatic N) is 1. The van der Waals surface area contributed by atoms with Crippen LogP contribution in [0.5, 0.6) is 0 Å². The largest absolute Gasteiger partial charge is 0.308 e. The Morgan fingerprint density at radius 3 is 2.80 bits per heavy atom. The van der Waals surface area contributed by atoms with Gasteiger partial charge in [0.1, 0.15) is 0 Å². The predicted octanol–water partition coefficient (Wildman–Crippen LogP) is 3.14. The number of pyridine rings is 1. The minimum Gasteiger partial charge on any atom is -0.308 e. The summed E-state index contributed by atoms with van der Waals surface area (Å²) < 4.78 is 0. The van der Waals surface area contributed by atoms with Crippen molar-refractivity contribution >= 4 is 0 Å². The molecule has 0 aliphatic rings. The van der Waals surface area contributed by atoms with Gasteiger partial charge in [-0.15, -0.1) is 0 Å². The second kappa shape index (κ2) is 7.41. The van der Waals surface area contributed by atoms with E-state index in [-0.39, 0.29) is 0 Å². The summed E-state index contributed by atoms with van der Waals surface area (Å²) in [6.45, 7) is 5.38. The van der Waals surface area contributed by atoms with Crippen molar-refractivity contribution in [2.75, 3.05) is 0 Å². The van der Waals surface area contributed by atoms with Gasteiger partial charge < -0.3 is 5.32 Å². The molecule has 0 bridgehead atoms. The highest BCUT2D eigenvalue weighted by atomic mass is 14.9. The summed E-state index contributed by atoms with van der Waals surface area (Å²) in [5.41, 5.74) is 1.13. The Labute approximate surface area is 93.1 Å². The van der Waals surface area contributed by atoms with E-state index in [1.165, 1.54) is 25.7 Å². The van der Waals surface area contributed by atoms with E-state index in [2.05, 4.69) is 30.2 Å². The first kappa shape index (κ1) is 12.2. The summed E-state index contributed by atoms with van der Waals surface area (Å²) in [7, 11) is 0. The molecule has 0 aliphatic heterocycles. The summed E-state index contributed by atoms with van der Waals surface area (Å²) >= 11 is 0. The molecule has 1 N–H and O–H groups in total. The maximum absolute atomic E-state index is 4.30. The molecule has 1 atom stereocenters. The van der Waals surface area contributed by atoms with Crippen LogP contribution in [0, 0.1) is 0 Å². The maximum atomic E-state index is 4.30. The number of unbranched alkanes of at least 4 members (excludes halogenated alkanes) is 1. The maximum Gasteiger partial charge on any atom is 0.0541 e. The third kappa shape index (κ3) is 4.93. The van der Waals surface area contributed by atoms with E-state index < -0.39 is 0 Å². The molecule has 1 aromatic rings. The van der Waals surface area contributed by atoms with E-state index >= 15 is 0 Å². The molecule has 2 heteroatoms. The lowest BCUT2D eigenvalue weighted by Gasteiger charge is -2.16. The van der Waals surface area contributed by atoms with Gasteiger partial charge in [-0.1, -0.05) is 32.8 Å². The second-order valence-corrected chi connectivity index (χ2v) is 3.95. The first-order chi connectivity index (χ1) is 7.36. The monoisotopic (exact) mass is 206 g/mol. The van der Waals surface area contributed by atoms with Gasteiger partial charge in [-0.05, 0) is 25.0 Å². The first-order valence-electron chi connectivity index (χ1n) is 6.00. The van der Waals surface area contributed by atoms with Gasteiger partial charge in [0.05, 0.1) is 5.69 Å². The zero-order valence-corrected chi connectivity index (χ0v) is 9.87. The van der Waals surface area contributed by atoms with E-state index in [1.807, 2.05) is 18.3 Å².